The van der Waals surface area contributed by atoms with Gasteiger partial charge in [0.15, 0.2) is 0 Å². The first-order valence-electron chi connectivity index (χ1n) is 14.2. The number of benzene rings is 2. The highest BCUT2D eigenvalue weighted by atomic mass is 16.4. The normalized spacial score (nSPS) is 10.3. The van der Waals surface area contributed by atoms with Gasteiger partial charge in [0.2, 0.25) is 0 Å². The highest BCUT2D eigenvalue weighted by Crippen LogP contribution is 2.11. The van der Waals surface area contributed by atoms with Crippen LogP contribution in [0.4, 0.5) is 0 Å². The number of carboxylic acids is 2. The van der Waals surface area contributed by atoms with Gasteiger partial charge < -0.3 is 10.2 Å². The highest BCUT2D eigenvalue weighted by Gasteiger charge is 1.98. The fourth-order valence-corrected chi connectivity index (χ4v) is 3.79. The van der Waals surface area contributed by atoms with E-state index in [9.17, 15) is 9.59 Å². The van der Waals surface area contributed by atoms with Gasteiger partial charge >= 0.3 is 11.9 Å². The Bertz CT molecular complexity index is 717. The monoisotopic (exact) mass is 512 g/mol. The van der Waals surface area contributed by atoms with E-state index in [1.54, 1.807) is 0 Å². The predicted molar refractivity (Wildman–Crippen MR) is 156 cm³/mol. The molecule has 0 atom stereocenters. The van der Waals surface area contributed by atoms with Gasteiger partial charge in [-0.2, -0.15) is 0 Å². The van der Waals surface area contributed by atoms with E-state index >= 15 is 0 Å². The van der Waals surface area contributed by atoms with Crippen molar-refractivity contribution in [3.8, 4) is 0 Å². The molecule has 208 valence electrons. The van der Waals surface area contributed by atoms with E-state index in [2.05, 4.69) is 88.4 Å². The van der Waals surface area contributed by atoms with Crippen molar-refractivity contribution < 1.29 is 19.8 Å². The van der Waals surface area contributed by atoms with Gasteiger partial charge in [-0.15, -0.1) is 0 Å². The van der Waals surface area contributed by atoms with Crippen LogP contribution in [-0.2, 0) is 16.0 Å². The van der Waals surface area contributed by atoms with Gasteiger partial charge in [0.25, 0.3) is 0 Å². The molecule has 0 radical (unpaired) electrons. The summed E-state index contributed by atoms with van der Waals surface area (Å²) in [6.45, 7) is 8.88. The maximum Gasteiger partial charge on any atom is 0.303 e. The maximum absolute atomic E-state index is 10.1. The molecule has 37 heavy (non-hydrogen) atoms. The van der Waals surface area contributed by atoms with Gasteiger partial charge in [0.05, 0.1) is 0 Å². The highest BCUT2D eigenvalue weighted by molar-refractivity contribution is 5.66. The van der Waals surface area contributed by atoms with E-state index in [1.165, 1.54) is 49.7 Å². The van der Waals surface area contributed by atoms with Crippen molar-refractivity contribution >= 4 is 11.9 Å². The molecule has 0 aliphatic rings. The van der Waals surface area contributed by atoms with Crippen molar-refractivity contribution in [2.75, 3.05) is 0 Å². The summed E-state index contributed by atoms with van der Waals surface area (Å²) < 4.78 is 0. The second-order valence-corrected chi connectivity index (χ2v) is 10.6. The molecule has 0 bridgehead atoms. The lowest BCUT2D eigenvalue weighted by molar-refractivity contribution is -0.138. The summed E-state index contributed by atoms with van der Waals surface area (Å²) in [6.07, 6.45) is 12.9. The third-order valence-corrected chi connectivity index (χ3v) is 5.94. The van der Waals surface area contributed by atoms with E-state index < -0.39 is 11.9 Å². The van der Waals surface area contributed by atoms with Gasteiger partial charge in [-0.3, -0.25) is 9.59 Å². The Labute approximate surface area is 226 Å². The largest absolute Gasteiger partial charge is 0.481 e. The zero-order valence-corrected chi connectivity index (χ0v) is 23.8. The molecule has 2 N–H and O–H groups in total. The number of unbranched alkanes of at least 4 members (excludes halogenated alkanes) is 6. The van der Waals surface area contributed by atoms with Crippen molar-refractivity contribution in [1.82, 2.24) is 0 Å². The van der Waals surface area contributed by atoms with Crippen LogP contribution in [0, 0.1) is 11.8 Å². The molecule has 0 aliphatic heterocycles. The van der Waals surface area contributed by atoms with Crippen molar-refractivity contribution in [1.29, 1.82) is 0 Å². The Balaban J connectivity index is 0.000000527. The maximum atomic E-state index is 10.1. The minimum absolute atomic E-state index is 0.335. The molecule has 0 spiro atoms. The number of aliphatic carboxylic acids is 2. The summed E-state index contributed by atoms with van der Waals surface area (Å²) in [5.74, 6) is 0.228. The minimum atomic E-state index is -0.668. The SMILES string of the molecule is CC(C)CCCCCCC(=O)O.CC(C)CCCCCCC(=O)O.c1ccc(Cc2ccccc2)cc1. The minimum Gasteiger partial charge on any atom is -0.481 e. The Morgan fingerprint density at radius 3 is 1.16 bits per heavy atom. The molecule has 2 rings (SSSR count). The van der Waals surface area contributed by atoms with Crippen LogP contribution < -0.4 is 0 Å². The van der Waals surface area contributed by atoms with Gasteiger partial charge in [0.1, 0.15) is 0 Å². The lowest BCUT2D eigenvalue weighted by Gasteiger charge is -2.02. The average molecular weight is 513 g/mol. The van der Waals surface area contributed by atoms with Crippen LogP contribution in [-0.4, -0.2) is 22.2 Å². The van der Waals surface area contributed by atoms with E-state index in [0.29, 0.717) is 12.8 Å². The molecule has 0 aliphatic carbocycles. The van der Waals surface area contributed by atoms with Crippen LogP contribution in [0.2, 0.25) is 0 Å². The summed E-state index contributed by atoms with van der Waals surface area (Å²) in [5.41, 5.74) is 2.74. The molecule has 2 aromatic rings. The predicted octanol–water partition coefficient (Wildman–Crippen LogP) is 9.41. The molecule has 4 nitrogen and oxygen atoms in total. The van der Waals surface area contributed by atoms with Crippen molar-refractivity contribution in [2.45, 2.75) is 111 Å². The van der Waals surface area contributed by atoms with Crippen molar-refractivity contribution in [3.05, 3.63) is 71.8 Å². The number of hydrogen-bond donors (Lipinski definition) is 2. The molecule has 0 amide bonds. The molecule has 0 saturated heterocycles. The number of carboxylic acid groups (broad SMARTS) is 2. The first-order valence-corrected chi connectivity index (χ1v) is 14.2. The standard InChI is InChI=1S/C13H12.2C10H20O2/c1-3-7-12(8-4-1)11-13-9-5-2-6-10-13;2*1-9(2)7-5-3-4-6-8-10(11)12/h1-10H,11H2;2*9H,3-8H2,1-2H3,(H,11,12). The lowest BCUT2D eigenvalue weighted by atomic mass is 10.0. The number of hydrogen-bond acceptors (Lipinski definition) is 2. The topological polar surface area (TPSA) is 74.6 Å². The van der Waals surface area contributed by atoms with E-state index in [4.69, 9.17) is 10.2 Å². The van der Waals surface area contributed by atoms with Crippen LogP contribution in [0.5, 0.6) is 0 Å². The van der Waals surface area contributed by atoms with E-state index in [0.717, 1.165) is 43.9 Å². The summed E-state index contributed by atoms with van der Waals surface area (Å²) >= 11 is 0. The molecule has 0 fully saturated rings. The summed E-state index contributed by atoms with van der Waals surface area (Å²) in [6, 6.07) is 21.1. The molecule has 4 heteroatoms. The fraction of sp³-hybridized carbons (Fsp3) is 0.576. The van der Waals surface area contributed by atoms with Crippen LogP contribution in [0.15, 0.2) is 60.7 Å². The molecular formula is C33H52O4. The molecule has 0 saturated carbocycles. The molecule has 0 aromatic heterocycles. The van der Waals surface area contributed by atoms with Crippen LogP contribution in [0.3, 0.4) is 0 Å². The van der Waals surface area contributed by atoms with E-state index in [-0.39, 0.29) is 0 Å². The van der Waals surface area contributed by atoms with Crippen LogP contribution in [0.25, 0.3) is 0 Å². The average Bonchev–Trinajstić information content (AvgIpc) is 2.85. The second kappa shape index (κ2) is 23.8. The molecule has 0 unspecified atom stereocenters. The van der Waals surface area contributed by atoms with Gasteiger partial charge in [-0.05, 0) is 42.2 Å². The quantitative estimate of drug-likeness (QED) is 0.220. The summed E-state index contributed by atoms with van der Waals surface area (Å²) in [7, 11) is 0. The summed E-state index contributed by atoms with van der Waals surface area (Å²) in [5, 5.41) is 16.7. The van der Waals surface area contributed by atoms with E-state index in [1.807, 2.05) is 0 Å². The molecule has 0 heterocycles. The number of carbonyl (C=O) groups is 2. The first-order chi connectivity index (χ1) is 17.7. The zero-order valence-electron chi connectivity index (χ0n) is 23.8. The van der Waals surface area contributed by atoms with Gasteiger partial charge in [-0.25, -0.2) is 0 Å². The summed E-state index contributed by atoms with van der Waals surface area (Å²) in [4.78, 5) is 20.3. The van der Waals surface area contributed by atoms with Crippen LogP contribution in [0.1, 0.15) is 116 Å². The number of rotatable bonds is 16. The Morgan fingerprint density at radius 2 is 0.865 bits per heavy atom. The second-order valence-electron chi connectivity index (χ2n) is 10.6. The van der Waals surface area contributed by atoms with Gasteiger partial charge in [-0.1, -0.05) is 140 Å². The third-order valence-electron chi connectivity index (χ3n) is 5.94. The lowest BCUT2D eigenvalue weighted by Crippen LogP contribution is -1.94. The Kier molecular flexibility index (Phi) is 22.1. The Hall–Kier alpha value is -2.62. The molecule has 2 aromatic carbocycles. The third kappa shape index (κ3) is 26.3. The Morgan fingerprint density at radius 1 is 0.541 bits per heavy atom. The van der Waals surface area contributed by atoms with Gasteiger partial charge in [0, 0.05) is 12.8 Å². The smallest absolute Gasteiger partial charge is 0.303 e. The molecular weight excluding hydrogens is 460 g/mol. The first kappa shape index (κ1) is 34.4. The van der Waals surface area contributed by atoms with Crippen molar-refractivity contribution in [2.24, 2.45) is 11.8 Å². The fourth-order valence-electron chi connectivity index (χ4n) is 3.79. The van der Waals surface area contributed by atoms with Crippen molar-refractivity contribution in [3.63, 3.8) is 0 Å². The zero-order chi connectivity index (χ0) is 27.7. The van der Waals surface area contributed by atoms with Crippen LogP contribution >= 0.6 is 0 Å².